The molecule has 0 aliphatic heterocycles. The van der Waals surface area contributed by atoms with Crippen molar-refractivity contribution in [1.82, 2.24) is 5.23 Å². The molecule has 0 spiro atoms. The fraction of sp³-hybridized carbons (Fsp3) is 0.750. The van der Waals surface area contributed by atoms with Gasteiger partial charge in [0.15, 0.2) is 0 Å². The van der Waals surface area contributed by atoms with E-state index in [4.69, 9.17) is 9.47 Å². The average molecular weight is 246 g/mol. The van der Waals surface area contributed by atoms with E-state index in [1.54, 1.807) is 13.8 Å². The summed E-state index contributed by atoms with van der Waals surface area (Å²) in [4.78, 5) is 22.3. The van der Waals surface area contributed by atoms with Gasteiger partial charge in [-0.25, -0.2) is 0 Å². The minimum absolute atomic E-state index is 0.0878. The molecular formula is C8H16BN2O4P. The van der Waals surface area contributed by atoms with E-state index < -0.39 is 12.1 Å². The van der Waals surface area contributed by atoms with Crippen LogP contribution in [0.25, 0.3) is 0 Å². The third-order valence-electron chi connectivity index (χ3n) is 1.53. The van der Waals surface area contributed by atoms with E-state index in [1.807, 2.05) is 0 Å². The Labute approximate surface area is 97.7 Å². The Kier molecular flexibility index (Phi) is 8.95. The second kappa shape index (κ2) is 9.42. The van der Waals surface area contributed by atoms with Crippen molar-refractivity contribution in [2.45, 2.75) is 26.4 Å². The van der Waals surface area contributed by atoms with Crippen molar-refractivity contribution in [3.63, 3.8) is 0 Å². The molecule has 0 aromatic heterocycles. The molecule has 2 unspecified atom stereocenters. The van der Waals surface area contributed by atoms with Crippen LogP contribution in [-0.2, 0) is 19.1 Å². The molecule has 0 rings (SSSR count). The third kappa shape index (κ3) is 8.50. The maximum absolute atomic E-state index is 11.2. The number of hydrogen-bond donors (Lipinski definition) is 1. The van der Waals surface area contributed by atoms with Gasteiger partial charge < -0.3 is 0 Å². The molecule has 0 radical (unpaired) electrons. The summed E-state index contributed by atoms with van der Waals surface area (Å²) in [5.41, 5.74) is 0. The molecule has 1 amide bonds. The SMILES string of the molecule is CCOCC(=O)OC(C)CC(=O)NB=NP. The van der Waals surface area contributed by atoms with E-state index >= 15 is 0 Å². The van der Waals surface area contributed by atoms with E-state index in [2.05, 4.69) is 19.3 Å². The number of hydrogen-bond acceptors (Lipinski definition) is 5. The monoisotopic (exact) mass is 246 g/mol. The second-order valence-electron chi connectivity index (χ2n) is 2.99. The molecule has 90 valence electrons. The van der Waals surface area contributed by atoms with Crippen molar-refractivity contribution < 1.29 is 19.1 Å². The summed E-state index contributed by atoms with van der Waals surface area (Å²) in [6.07, 6.45) is -0.389. The van der Waals surface area contributed by atoms with E-state index in [0.717, 1.165) is 0 Å². The molecule has 0 fully saturated rings. The van der Waals surface area contributed by atoms with Crippen molar-refractivity contribution in [3.8, 4) is 0 Å². The number of carbonyl (C=O) groups excluding carboxylic acids is 2. The van der Waals surface area contributed by atoms with Gasteiger partial charge in [0, 0.05) is 0 Å². The van der Waals surface area contributed by atoms with Crippen molar-refractivity contribution in [2.75, 3.05) is 13.2 Å². The summed E-state index contributed by atoms with van der Waals surface area (Å²) in [5, 5.41) is 2.41. The van der Waals surface area contributed by atoms with Crippen LogP contribution in [0.2, 0.25) is 0 Å². The molecule has 0 aliphatic rings. The normalized spacial score (nSPS) is 11.9. The first-order valence-corrected chi connectivity index (χ1v) is 5.40. The van der Waals surface area contributed by atoms with Crippen LogP contribution in [0.4, 0.5) is 0 Å². The van der Waals surface area contributed by atoms with Crippen molar-refractivity contribution in [3.05, 3.63) is 0 Å². The van der Waals surface area contributed by atoms with Crippen LogP contribution in [0.3, 0.4) is 0 Å². The number of rotatable bonds is 7. The van der Waals surface area contributed by atoms with E-state index in [0.29, 0.717) is 6.61 Å². The van der Waals surface area contributed by atoms with Gasteiger partial charge in [0.05, 0.1) is 0 Å². The molecule has 0 saturated heterocycles. The number of amides is 1. The summed E-state index contributed by atoms with van der Waals surface area (Å²) in [6, 6.07) is 0. The Bertz CT molecular complexity index is 262. The van der Waals surface area contributed by atoms with Crippen molar-refractivity contribution in [2.24, 2.45) is 4.67 Å². The summed E-state index contributed by atoms with van der Waals surface area (Å²) in [7, 11) is 3.34. The molecule has 6 nitrogen and oxygen atoms in total. The molecule has 0 aromatic carbocycles. The quantitative estimate of drug-likeness (QED) is 0.391. The van der Waals surface area contributed by atoms with Gasteiger partial charge in [-0.1, -0.05) is 0 Å². The number of esters is 1. The number of nitrogens with zero attached hydrogens (tertiary/aromatic N) is 1. The third-order valence-corrected chi connectivity index (χ3v) is 1.68. The van der Waals surface area contributed by atoms with Gasteiger partial charge in [0.2, 0.25) is 0 Å². The molecule has 1 N–H and O–H groups in total. The first-order valence-electron chi connectivity index (χ1n) is 4.88. The zero-order valence-electron chi connectivity index (χ0n) is 9.43. The summed E-state index contributed by atoms with van der Waals surface area (Å²) < 4.78 is 13.3. The van der Waals surface area contributed by atoms with Crippen LogP contribution in [0.15, 0.2) is 4.67 Å². The molecular weight excluding hydrogens is 230 g/mol. The number of nitrogens with one attached hydrogen (secondary N) is 1. The fourth-order valence-electron chi connectivity index (χ4n) is 0.915. The van der Waals surface area contributed by atoms with Gasteiger partial charge in [-0.05, 0) is 0 Å². The predicted molar refractivity (Wildman–Crippen MR) is 62.7 cm³/mol. The second-order valence-corrected chi connectivity index (χ2v) is 3.29. The van der Waals surface area contributed by atoms with Crippen molar-refractivity contribution >= 4 is 28.5 Å². The molecule has 16 heavy (non-hydrogen) atoms. The van der Waals surface area contributed by atoms with Gasteiger partial charge in [-0.15, -0.1) is 0 Å². The maximum atomic E-state index is 11.2. The molecule has 0 heterocycles. The Morgan fingerprint density at radius 2 is 2.25 bits per heavy atom. The number of carbonyl (C=O) groups is 2. The molecule has 8 heteroatoms. The Hall–Kier alpha value is -0.805. The first-order chi connectivity index (χ1) is 7.60. The predicted octanol–water partition coefficient (Wildman–Crippen LogP) is 0.0538. The zero-order chi connectivity index (χ0) is 12.4. The van der Waals surface area contributed by atoms with Crippen LogP contribution in [-0.4, -0.2) is 38.4 Å². The van der Waals surface area contributed by atoms with Crippen LogP contribution in [0, 0.1) is 0 Å². The van der Waals surface area contributed by atoms with E-state index in [1.165, 1.54) is 7.21 Å². The number of ether oxygens (including phenoxy) is 2. The first kappa shape index (κ1) is 15.2. The standard InChI is InChI=1S/C8H16BN2O4P/c1-3-14-5-8(13)15-6(2)4-7(12)10-9-11-16/h6H,3-5,16H2,1-2H3,(H,10,12). The van der Waals surface area contributed by atoms with E-state index in [-0.39, 0.29) is 18.9 Å². The summed E-state index contributed by atoms with van der Waals surface area (Å²) >= 11 is 0. The Balaban J connectivity index is 3.75. The fourth-order valence-corrected chi connectivity index (χ4v) is 0.989. The molecule has 0 aromatic rings. The van der Waals surface area contributed by atoms with Gasteiger partial charge in [0.25, 0.3) is 0 Å². The van der Waals surface area contributed by atoms with Crippen LogP contribution < -0.4 is 5.23 Å². The Morgan fingerprint density at radius 1 is 1.56 bits per heavy atom. The molecule has 0 bridgehead atoms. The van der Waals surface area contributed by atoms with Gasteiger partial charge in [-0.2, -0.15) is 0 Å². The summed E-state index contributed by atoms with van der Waals surface area (Å²) in [6.45, 7) is 3.79. The molecule has 0 aliphatic carbocycles. The van der Waals surface area contributed by atoms with E-state index in [9.17, 15) is 9.59 Å². The van der Waals surface area contributed by atoms with Crippen LogP contribution in [0.5, 0.6) is 0 Å². The topological polar surface area (TPSA) is 77.0 Å². The van der Waals surface area contributed by atoms with Crippen LogP contribution >= 0.6 is 9.39 Å². The molecule has 0 saturated carbocycles. The summed E-state index contributed by atoms with van der Waals surface area (Å²) in [5.74, 6) is -0.732. The van der Waals surface area contributed by atoms with Gasteiger partial charge >= 0.3 is 97.0 Å². The van der Waals surface area contributed by atoms with Crippen LogP contribution in [0.1, 0.15) is 20.3 Å². The Morgan fingerprint density at radius 3 is 2.81 bits per heavy atom. The van der Waals surface area contributed by atoms with Gasteiger partial charge in [0.1, 0.15) is 0 Å². The zero-order valence-corrected chi connectivity index (χ0v) is 10.6. The average Bonchev–Trinajstić information content (AvgIpc) is 2.23. The minimum atomic E-state index is -0.481. The van der Waals surface area contributed by atoms with Crippen molar-refractivity contribution in [1.29, 1.82) is 0 Å². The van der Waals surface area contributed by atoms with Gasteiger partial charge in [-0.3, -0.25) is 0 Å². The molecule has 2 atom stereocenters.